The molecule has 32 heavy (non-hydrogen) atoms. The SMILES string of the molecule is CCNC(=O)COc1ccc(/C=C/C(=O)c2c(C)nn(-c3ccccc3)c2C)cc1OC. The lowest BCUT2D eigenvalue weighted by Gasteiger charge is -2.11. The summed E-state index contributed by atoms with van der Waals surface area (Å²) in [7, 11) is 1.53. The van der Waals surface area contributed by atoms with Gasteiger partial charge >= 0.3 is 0 Å². The topological polar surface area (TPSA) is 82.5 Å². The summed E-state index contributed by atoms with van der Waals surface area (Å²) in [6, 6.07) is 15.0. The van der Waals surface area contributed by atoms with Crippen molar-refractivity contribution in [3.05, 3.63) is 77.1 Å². The Bertz CT molecular complexity index is 1130. The largest absolute Gasteiger partial charge is 0.493 e. The smallest absolute Gasteiger partial charge is 0.257 e. The normalized spacial score (nSPS) is 10.9. The molecule has 166 valence electrons. The van der Waals surface area contributed by atoms with Gasteiger partial charge in [0.1, 0.15) is 0 Å². The number of rotatable bonds is 9. The summed E-state index contributed by atoms with van der Waals surface area (Å²) in [6.07, 6.45) is 3.24. The van der Waals surface area contributed by atoms with E-state index in [0.29, 0.717) is 29.3 Å². The first-order valence-electron chi connectivity index (χ1n) is 10.4. The van der Waals surface area contributed by atoms with Crippen molar-refractivity contribution < 1.29 is 19.1 Å². The molecule has 1 heterocycles. The van der Waals surface area contributed by atoms with Crippen LogP contribution in [0.2, 0.25) is 0 Å². The lowest BCUT2D eigenvalue weighted by atomic mass is 10.1. The summed E-state index contributed by atoms with van der Waals surface area (Å²) in [5.41, 5.74) is 3.72. The zero-order chi connectivity index (χ0) is 23.1. The van der Waals surface area contributed by atoms with Crippen LogP contribution in [-0.4, -0.2) is 41.7 Å². The molecule has 1 N–H and O–H groups in total. The summed E-state index contributed by atoms with van der Waals surface area (Å²) in [5, 5.41) is 7.21. The van der Waals surface area contributed by atoms with Crippen molar-refractivity contribution in [2.75, 3.05) is 20.3 Å². The monoisotopic (exact) mass is 433 g/mol. The molecule has 0 spiro atoms. The Labute approximate surface area is 187 Å². The number of methoxy groups -OCH3 is 1. The Balaban J connectivity index is 1.77. The number of hydrogen-bond acceptors (Lipinski definition) is 5. The van der Waals surface area contributed by atoms with E-state index in [-0.39, 0.29) is 18.3 Å². The van der Waals surface area contributed by atoms with E-state index in [2.05, 4.69) is 10.4 Å². The van der Waals surface area contributed by atoms with E-state index in [1.54, 1.807) is 29.0 Å². The lowest BCUT2D eigenvalue weighted by Crippen LogP contribution is -2.28. The molecule has 0 bridgehead atoms. The van der Waals surface area contributed by atoms with E-state index in [0.717, 1.165) is 16.9 Å². The van der Waals surface area contributed by atoms with Crippen molar-refractivity contribution >= 4 is 17.8 Å². The van der Waals surface area contributed by atoms with Crippen LogP contribution in [0.5, 0.6) is 11.5 Å². The van der Waals surface area contributed by atoms with E-state index in [9.17, 15) is 9.59 Å². The molecule has 1 aromatic heterocycles. The van der Waals surface area contributed by atoms with Crippen LogP contribution in [-0.2, 0) is 4.79 Å². The standard InChI is InChI=1S/C25H27N3O4/c1-5-26-24(30)16-32-22-14-12-19(15-23(22)31-4)11-13-21(29)25-17(2)27-28(18(25)3)20-9-7-6-8-10-20/h6-15H,5,16H2,1-4H3,(H,26,30)/b13-11+. The van der Waals surface area contributed by atoms with Gasteiger partial charge in [-0.1, -0.05) is 30.3 Å². The highest BCUT2D eigenvalue weighted by Gasteiger charge is 2.17. The van der Waals surface area contributed by atoms with Gasteiger partial charge < -0.3 is 14.8 Å². The van der Waals surface area contributed by atoms with Crippen molar-refractivity contribution in [3.8, 4) is 17.2 Å². The molecule has 3 aromatic rings. The number of hydrogen-bond donors (Lipinski definition) is 1. The number of allylic oxidation sites excluding steroid dienone is 1. The van der Waals surface area contributed by atoms with Crippen molar-refractivity contribution in [3.63, 3.8) is 0 Å². The van der Waals surface area contributed by atoms with E-state index in [4.69, 9.17) is 9.47 Å². The van der Waals surface area contributed by atoms with E-state index in [1.807, 2.05) is 51.1 Å². The zero-order valence-corrected chi connectivity index (χ0v) is 18.7. The summed E-state index contributed by atoms with van der Waals surface area (Å²) < 4.78 is 12.7. The Morgan fingerprint density at radius 2 is 1.84 bits per heavy atom. The van der Waals surface area contributed by atoms with Crippen LogP contribution < -0.4 is 14.8 Å². The van der Waals surface area contributed by atoms with Gasteiger partial charge in [0, 0.05) is 6.54 Å². The number of nitrogens with one attached hydrogen (secondary N) is 1. The number of carbonyl (C=O) groups excluding carboxylic acids is 2. The number of amides is 1. The minimum absolute atomic E-state index is 0.0954. The van der Waals surface area contributed by atoms with Gasteiger partial charge in [-0.3, -0.25) is 9.59 Å². The van der Waals surface area contributed by atoms with Gasteiger partial charge in [0.25, 0.3) is 5.91 Å². The first-order valence-corrected chi connectivity index (χ1v) is 10.4. The summed E-state index contributed by atoms with van der Waals surface area (Å²) in [5.74, 6) is 0.606. The summed E-state index contributed by atoms with van der Waals surface area (Å²) >= 11 is 0. The van der Waals surface area contributed by atoms with Crippen LogP contribution in [0.25, 0.3) is 11.8 Å². The molecular weight excluding hydrogens is 406 g/mol. The Kier molecular flexibility index (Phi) is 7.44. The minimum Gasteiger partial charge on any atom is -0.493 e. The number of benzene rings is 2. The molecule has 0 aliphatic heterocycles. The molecule has 0 unspecified atom stereocenters. The van der Waals surface area contributed by atoms with Gasteiger partial charge in [0.2, 0.25) is 0 Å². The molecule has 0 aliphatic carbocycles. The Morgan fingerprint density at radius 1 is 1.09 bits per heavy atom. The fraction of sp³-hybridized carbons (Fsp3) is 0.240. The van der Waals surface area contributed by atoms with Crippen LogP contribution in [0.4, 0.5) is 0 Å². The van der Waals surface area contributed by atoms with Crippen molar-refractivity contribution in [1.29, 1.82) is 0 Å². The molecule has 0 fully saturated rings. The fourth-order valence-electron chi connectivity index (χ4n) is 3.37. The number of ether oxygens (including phenoxy) is 2. The van der Waals surface area contributed by atoms with Crippen molar-refractivity contribution in [2.24, 2.45) is 0 Å². The van der Waals surface area contributed by atoms with E-state index in [1.165, 1.54) is 13.2 Å². The van der Waals surface area contributed by atoms with Crippen LogP contribution >= 0.6 is 0 Å². The van der Waals surface area contributed by atoms with E-state index >= 15 is 0 Å². The Morgan fingerprint density at radius 3 is 2.53 bits per heavy atom. The summed E-state index contributed by atoms with van der Waals surface area (Å²) in [4.78, 5) is 24.5. The van der Waals surface area contributed by atoms with Crippen LogP contribution in [0.3, 0.4) is 0 Å². The first-order chi connectivity index (χ1) is 15.4. The number of likely N-dealkylation sites (N-methyl/N-ethyl adjacent to an activating group) is 1. The van der Waals surface area contributed by atoms with Crippen LogP contribution in [0.15, 0.2) is 54.6 Å². The molecule has 0 radical (unpaired) electrons. The number of ketones is 1. The van der Waals surface area contributed by atoms with Gasteiger partial charge in [-0.25, -0.2) is 4.68 Å². The van der Waals surface area contributed by atoms with Gasteiger partial charge in [0.05, 0.1) is 29.7 Å². The number of nitrogens with zero attached hydrogens (tertiary/aromatic N) is 2. The van der Waals surface area contributed by atoms with Crippen molar-refractivity contribution in [2.45, 2.75) is 20.8 Å². The number of carbonyl (C=O) groups is 2. The molecular formula is C25H27N3O4. The number of aromatic nitrogens is 2. The quantitative estimate of drug-likeness (QED) is 0.409. The third-order valence-electron chi connectivity index (χ3n) is 4.89. The van der Waals surface area contributed by atoms with Gasteiger partial charge in [0.15, 0.2) is 23.9 Å². The first kappa shape index (κ1) is 22.8. The maximum atomic E-state index is 12.9. The van der Waals surface area contributed by atoms with Gasteiger partial charge in [-0.05, 0) is 56.7 Å². The highest BCUT2D eigenvalue weighted by atomic mass is 16.5. The molecule has 3 rings (SSSR count). The third-order valence-corrected chi connectivity index (χ3v) is 4.89. The predicted octanol–water partition coefficient (Wildman–Crippen LogP) is 3.91. The zero-order valence-electron chi connectivity index (χ0n) is 18.7. The Hall–Kier alpha value is -3.87. The lowest BCUT2D eigenvalue weighted by molar-refractivity contribution is -0.123. The average Bonchev–Trinajstić information content (AvgIpc) is 3.10. The second-order valence-corrected chi connectivity index (χ2v) is 7.14. The summed E-state index contributed by atoms with van der Waals surface area (Å²) in [6.45, 7) is 6.01. The molecule has 0 aliphatic rings. The van der Waals surface area contributed by atoms with Crippen molar-refractivity contribution in [1.82, 2.24) is 15.1 Å². The molecule has 1 amide bonds. The molecule has 0 saturated carbocycles. The molecule has 7 nitrogen and oxygen atoms in total. The van der Waals surface area contributed by atoms with Gasteiger partial charge in [-0.2, -0.15) is 5.10 Å². The minimum atomic E-state index is -0.203. The van der Waals surface area contributed by atoms with Crippen LogP contribution in [0.1, 0.15) is 34.2 Å². The predicted molar refractivity (Wildman–Crippen MR) is 124 cm³/mol. The maximum absolute atomic E-state index is 12.9. The highest BCUT2D eigenvalue weighted by Crippen LogP contribution is 2.28. The fourth-order valence-corrected chi connectivity index (χ4v) is 3.37. The molecule has 0 atom stereocenters. The van der Waals surface area contributed by atoms with E-state index < -0.39 is 0 Å². The molecule has 0 saturated heterocycles. The number of aryl methyl sites for hydroxylation is 1. The third kappa shape index (κ3) is 5.24. The molecule has 7 heteroatoms. The second-order valence-electron chi connectivity index (χ2n) is 7.14. The van der Waals surface area contributed by atoms with Gasteiger partial charge in [-0.15, -0.1) is 0 Å². The average molecular weight is 434 g/mol. The maximum Gasteiger partial charge on any atom is 0.257 e. The second kappa shape index (κ2) is 10.4. The number of para-hydroxylation sites is 1. The highest BCUT2D eigenvalue weighted by molar-refractivity contribution is 6.08. The molecule has 2 aromatic carbocycles. The van der Waals surface area contributed by atoms with Crippen LogP contribution in [0, 0.1) is 13.8 Å².